The van der Waals surface area contributed by atoms with Gasteiger partial charge in [0.1, 0.15) is 0 Å². The van der Waals surface area contributed by atoms with Crippen molar-refractivity contribution in [2.24, 2.45) is 0 Å². The highest BCUT2D eigenvalue weighted by Crippen LogP contribution is 2.16. The van der Waals surface area contributed by atoms with E-state index in [2.05, 4.69) is 26.6 Å². The molecule has 0 aromatic heterocycles. The van der Waals surface area contributed by atoms with Gasteiger partial charge in [-0.2, -0.15) is 0 Å². The minimum atomic E-state index is -0.0199. The average Bonchev–Trinajstić information content (AvgIpc) is 2.37. The maximum absolute atomic E-state index is 11.7. The van der Waals surface area contributed by atoms with Gasteiger partial charge in [0.2, 0.25) is 5.91 Å². The lowest BCUT2D eigenvalue weighted by Crippen LogP contribution is -2.41. The summed E-state index contributed by atoms with van der Waals surface area (Å²) >= 11 is 3.40. The molecule has 0 fully saturated rings. The molecule has 4 nitrogen and oxygen atoms in total. The van der Waals surface area contributed by atoms with Crippen molar-refractivity contribution in [3.8, 4) is 0 Å². The Bertz CT molecular complexity index is 395. The summed E-state index contributed by atoms with van der Waals surface area (Å²) in [6.07, 6.45) is 0. The van der Waals surface area contributed by atoms with Gasteiger partial charge in [0.25, 0.3) is 0 Å². The largest absolute Gasteiger partial charge is 0.383 e. The third kappa shape index (κ3) is 6.18. The Labute approximate surface area is 123 Å². The smallest absolute Gasteiger partial charge is 0.234 e. The van der Waals surface area contributed by atoms with Crippen LogP contribution in [0.4, 0.5) is 0 Å². The Morgan fingerprint density at radius 1 is 1.32 bits per heavy atom. The van der Waals surface area contributed by atoms with Crippen molar-refractivity contribution >= 4 is 21.8 Å². The topological polar surface area (TPSA) is 50.4 Å². The minimum absolute atomic E-state index is 0.0199. The number of halogens is 1. The molecular formula is C14H21BrN2O2. The molecule has 2 atom stereocenters. The fourth-order valence-electron chi connectivity index (χ4n) is 1.73. The van der Waals surface area contributed by atoms with Gasteiger partial charge in [0.15, 0.2) is 0 Å². The van der Waals surface area contributed by atoms with Gasteiger partial charge in [-0.3, -0.25) is 4.79 Å². The summed E-state index contributed by atoms with van der Waals surface area (Å²) in [4.78, 5) is 11.7. The molecule has 1 aromatic carbocycles. The highest BCUT2D eigenvalue weighted by Gasteiger charge is 2.09. The number of ether oxygens (including phenoxy) is 1. The third-order valence-electron chi connectivity index (χ3n) is 2.76. The number of hydrogen-bond donors (Lipinski definition) is 2. The molecule has 2 N–H and O–H groups in total. The van der Waals surface area contributed by atoms with E-state index in [0.29, 0.717) is 13.2 Å². The second-order valence-electron chi connectivity index (χ2n) is 4.58. The predicted octanol–water partition coefficient (Wildman–Crippen LogP) is 2.25. The number of rotatable bonds is 7. The number of carbonyl (C=O) groups is 1. The average molecular weight is 329 g/mol. The van der Waals surface area contributed by atoms with Crippen LogP contribution in [0, 0.1) is 0 Å². The van der Waals surface area contributed by atoms with E-state index in [9.17, 15) is 4.79 Å². The molecule has 0 aliphatic heterocycles. The molecule has 0 saturated heterocycles. The summed E-state index contributed by atoms with van der Waals surface area (Å²) in [5.41, 5.74) is 1.15. The Kier molecular flexibility index (Phi) is 7.05. The van der Waals surface area contributed by atoms with Crippen LogP contribution in [-0.2, 0) is 9.53 Å². The molecular weight excluding hydrogens is 308 g/mol. The summed E-state index contributed by atoms with van der Waals surface area (Å²) in [6.45, 7) is 4.77. The monoisotopic (exact) mass is 328 g/mol. The zero-order chi connectivity index (χ0) is 14.3. The van der Waals surface area contributed by atoms with Crippen molar-refractivity contribution in [1.29, 1.82) is 0 Å². The minimum Gasteiger partial charge on any atom is -0.383 e. The summed E-state index contributed by atoms with van der Waals surface area (Å²) in [5.74, 6) is -0.0199. The number of carbonyl (C=O) groups excluding carboxylic acids is 1. The summed E-state index contributed by atoms with van der Waals surface area (Å²) in [7, 11) is 1.62. The van der Waals surface area contributed by atoms with E-state index in [-0.39, 0.29) is 18.0 Å². The quantitative estimate of drug-likeness (QED) is 0.807. The van der Waals surface area contributed by atoms with E-state index >= 15 is 0 Å². The molecule has 1 amide bonds. The maximum Gasteiger partial charge on any atom is 0.234 e. The van der Waals surface area contributed by atoms with Gasteiger partial charge < -0.3 is 15.4 Å². The molecule has 0 heterocycles. The normalized spacial score (nSPS) is 13.9. The summed E-state index contributed by atoms with van der Waals surface area (Å²) < 4.78 is 6.02. The fraction of sp³-hybridized carbons (Fsp3) is 0.500. The highest BCUT2D eigenvalue weighted by molar-refractivity contribution is 9.10. The number of nitrogens with one attached hydrogen (secondary N) is 2. The van der Waals surface area contributed by atoms with Crippen molar-refractivity contribution in [3.05, 3.63) is 34.3 Å². The molecule has 1 rings (SSSR count). The molecule has 0 spiro atoms. The zero-order valence-corrected chi connectivity index (χ0v) is 13.2. The van der Waals surface area contributed by atoms with Crippen molar-refractivity contribution in [2.45, 2.75) is 25.9 Å². The molecule has 0 aliphatic carbocycles. The van der Waals surface area contributed by atoms with Gasteiger partial charge in [0.05, 0.1) is 13.2 Å². The van der Waals surface area contributed by atoms with E-state index in [1.54, 1.807) is 7.11 Å². The number of amides is 1. The van der Waals surface area contributed by atoms with Gasteiger partial charge in [-0.05, 0) is 31.5 Å². The third-order valence-corrected chi connectivity index (χ3v) is 3.29. The van der Waals surface area contributed by atoms with Crippen LogP contribution in [-0.4, -0.2) is 32.2 Å². The molecule has 106 valence electrons. The van der Waals surface area contributed by atoms with Crippen LogP contribution >= 0.6 is 15.9 Å². The first-order chi connectivity index (χ1) is 9.02. The Hall–Kier alpha value is -0.910. The number of benzene rings is 1. The molecule has 19 heavy (non-hydrogen) atoms. The fourth-order valence-corrected chi connectivity index (χ4v) is 2.00. The molecule has 0 radical (unpaired) electrons. The molecule has 1 aromatic rings. The van der Waals surface area contributed by atoms with Crippen LogP contribution in [0.15, 0.2) is 28.7 Å². The first-order valence-corrected chi connectivity index (χ1v) is 7.09. The van der Waals surface area contributed by atoms with Crippen LogP contribution < -0.4 is 10.6 Å². The SMILES string of the molecule is COCC(C)NC(=O)CNC(C)c1ccc(Br)cc1. The van der Waals surface area contributed by atoms with Crippen molar-refractivity contribution < 1.29 is 9.53 Å². The maximum atomic E-state index is 11.7. The van der Waals surface area contributed by atoms with Crippen LogP contribution in [0.1, 0.15) is 25.5 Å². The molecule has 2 unspecified atom stereocenters. The molecule has 5 heteroatoms. The molecule has 0 aliphatic rings. The first-order valence-electron chi connectivity index (χ1n) is 6.30. The van der Waals surface area contributed by atoms with Gasteiger partial charge in [-0.1, -0.05) is 28.1 Å². The van der Waals surface area contributed by atoms with E-state index in [1.165, 1.54) is 0 Å². The summed E-state index contributed by atoms with van der Waals surface area (Å²) in [6, 6.07) is 8.22. The predicted molar refractivity (Wildman–Crippen MR) is 80.0 cm³/mol. The lowest BCUT2D eigenvalue weighted by Gasteiger charge is -2.16. The van der Waals surface area contributed by atoms with Crippen molar-refractivity contribution in [3.63, 3.8) is 0 Å². The van der Waals surface area contributed by atoms with E-state index in [1.807, 2.05) is 38.1 Å². The van der Waals surface area contributed by atoms with Gasteiger partial charge in [0, 0.05) is 23.7 Å². The van der Waals surface area contributed by atoms with Crippen molar-refractivity contribution in [1.82, 2.24) is 10.6 Å². The van der Waals surface area contributed by atoms with Crippen LogP contribution in [0.25, 0.3) is 0 Å². The zero-order valence-electron chi connectivity index (χ0n) is 11.6. The van der Waals surface area contributed by atoms with Crippen LogP contribution in [0.3, 0.4) is 0 Å². The second-order valence-corrected chi connectivity index (χ2v) is 5.49. The van der Waals surface area contributed by atoms with E-state index < -0.39 is 0 Å². The first kappa shape index (κ1) is 16.1. The van der Waals surface area contributed by atoms with Gasteiger partial charge in [-0.15, -0.1) is 0 Å². The molecule has 0 saturated carbocycles. The number of hydrogen-bond acceptors (Lipinski definition) is 3. The Morgan fingerprint density at radius 3 is 2.53 bits per heavy atom. The van der Waals surface area contributed by atoms with E-state index in [4.69, 9.17) is 4.74 Å². The summed E-state index contributed by atoms with van der Waals surface area (Å²) in [5, 5.41) is 6.06. The van der Waals surface area contributed by atoms with Crippen molar-refractivity contribution in [2.75, 3.05) is 20.3 Å². The standard InChI is InChI=1S/C14H21BrN2O2/c1-10(9-19-3)17-14(18)8-16-11(2)12-4-6-13(15)7-5-12/h4-7,10-11,16H,8-9H2,1-3H3,(H,17,18). The molecule has 0 bridgehead atoms. The van der Waals surface area contributed by atoms with Crippen LogP contribution in [0.5, 0.6) is 0 Å². The lowest BCUT2D eigenvalue weighted by molar-refractivity contribution is -0.121. The van der Waals surface area contributed by atoms with Gasteiger partial charge >= 0.3 is 0 Å². The Morgan fingerprint density at radius 2 is 1.95 bits per heavy atom. The second kappa shape index (κ2) is 8.30. The van der Waals surface area contributed by atoms with Gasteiger partial charge in [-0.25, -0.2) is 0 Å². The van der Waals surface area contributed by atoms with Crippen LogP contribution in [0.2, 0.25) is 0 Å². The highest BCUT2D eigenvalue weighted by atomic mass is 79.9. The lowest BCUT2D eigenvalue weighted by atomic mass is 10.1. The van der Waals surface area contributed by atoms with E-state index in [0.717, 1.165) is 10.0 Å². The number of methoxy groups -OCH3 is 1. The Balaban J connectivity index is 2.35.